The van der Waals surface area contributed by atoms with Gasteiger partial charge in [0.1, 0.15) is 17.6 Å². The van der Waals surface area contributed by atoms with Gasteiger partial charge in [-0.05, 0) is 67.0 Å². The van der Waals surface area contributed by atoms with Crippen LogP contribution in [0.25, 0.3) is 0 Å². The molecule has 2 aliphatic carbocycles. The van der Waals surface area contributed by atoms with Crippen molar-refractivity contribution in [3.05, 3.63) is 74.5 Å². The first-order chi connectivity index (χ1) is 17.6. The normalized spacial score (nSPS) is 19.1. The smallest absolute Gasteiger partial charge is 0.330 e. The summed E-state index contributed by atoms with van der Waals surface area (Å²) in [6.45, 7) is 4.90. The van der Waals surface area contributed by atoms with Crippen molar-refractivity contribution in [1.82, 2.24) is 10.2 Å². The average Bonchev–Trinajstić information content (AvgIpc) is 3.70. The highest BCUT2D eigenvalue weighted by atomic mass is 35.5. The summed E-state index contributed by atoms with van der Waals surface area (Å²) in [5, 5.41) is 13.1. The number of benzene rings is 2. The number of likely N-dealkylation sites (tertiary alicyclic amines) is 1. The number of nitrogens with zero attached hydrogens (tertiary/aromatic N) is 1. The maximum Gasteiger partial charge on any atom is 0.330 e. The fourth-order valence-electron chi connectivity index (χ4n) is 4.90. The van der Waals surface area contributed by atoms with Crippen molar-refractivity contribution < 1.29 is 23.8 Å². The van der Waals surface area contributed by atoms with E-state index in [1.807, 2.05) is 12.1 Å². The number of hydrogen-bond acceptors (Lipinski definition) is 4. The highest BCUT2D eigenvalue weighted by Gasteiger charge is 2.40. The minimum absolute atomic E-state index is 0.0965. The van der Waals surface area contributed by atoms with E-state index in [1.165, 1.54) is 18.2 Å². The summed E-state index contributed by atoms with van der Waals surface area (Å²) in [6, 6.07) is 7.15. The monoisotopic (exact) mass is 546 g/mol. The van der Waals surface area contributed by atoms with E-state index < -0.39 is 23.7 Å². The number of carbonyl (C=O) groups excluding carboxylic acids is 1. The molecule has 1 saturated heterocycles. The number of nitrogens with one attached hydrogen (secondary N) is 1. The molecule has 0 bridgehead atoms. The number of hydrogen-bond donors (Lipinski definition) is 2. The van der Waals surface area contributed by atoms with Crippen LogP contribution >= 0.6 is 23.2 Å². The summed E-state index contributed by atoms with van der Waals surface area (Å²) in [7, 11) is 0. The van der Waals surface area contributed by atoms with Gasteiger partial charge in [0.15, 0.2) is 0 Å². The molecular weight excluding hydrogens is 518 g/mol. The van der Waals surface area contributed by atoms with Crippen LogP contribution in [0.4, 0.5) is 4.39 Å². The first-order valence-electron chi connectivity index (χ1n) is 12.5. The van der Waals surface area contributed by atoms with Gasteiger partial charge in [0, 0.05) is 41.2 Å². The number of amides is 1. The van der Waals surface area contributed by atoms with E-state index in [0.29, 0.717) is 22.4 Å². The van der Waals surface area contributed by atoms with Gasteiger partial charge in [-0.25, -0.2) is 9.18 Å². The summed E-state index contributed by atoms with van der Waals surface area (Å²) < 4.78 is 21.2. The van der Waals surface area contributed by atoms with Crippen LogP contribution in [-0.2, 0) is 11.3 Å². The van der Waals surface area contributed by atoms with E-state index >= 15 is 4.39 Å². The molecule has 5 rings (SSSR count). The maximum atomic E-state index is 15.0. The Kier molecular flexibility index (Phi) is 7.22. The third-order valence-electron chi connectivity index (χ3n) is 6.97. The van der Waals surface area contributed by atoms with Gasteiger partial charge in [-0.2, -0.15) is 0 Å². The second-order valence-corrected chi connectivity index (χ2v) is 11.7. The lowest BCUT2D eigenvalue weighted by atomic mass is 9.82. The molecule has 196 valence electrons. The molecule has 0 spiro atoms. The van der Waals surface area contributed by atoms with E-state index in [-0.39, 0.29) is 16.9 Å². The van der Waals surface area contributed by atoms with Crippen molar-refractivity contribution in [3.63, 3.8) is 0 Å². The predicted molar refractivity (Wildman–Crippen MR) is 140 cm³/mol. The van der Waals surface area contributed by atoms with E-state index in [2.05, 4.69) is 17.1 Å². The summed E-state index contributed by atoms with van der Waals surface area (Å²) in [6.07, 6.45) is 5.08. The SMILES string of the molecule is CC1(COc2cc(F)c(C(=O)N[C@@H](C=C3CC3)C(=O)O)cc2C2CC2)CN(Cc2cc(Cl)cc(Cl)c2)C1. The quantitative estimate of drug-likeness (QED) is 0.367. The van der Waals surface area contributed by atoms with Crippen LogP contribution in [0.15, 0.2) is 42.0 Å². The molecule has 1 atom stereocenters. The lowest BCUT2D eigenvalue weighted by molar-refractivity contribution is -0.137. The summed E-state index contributed by atoms with van der Waals surface area (Å²) in [5.41, 5.74) is 2.57. The molecule has 37 heavy (non-hydrogen) atoms. The van der Waals surface area contributed by atoms with Gasteiger partial charge in [-0.15, -0.1) is 0 Å². The zero-order chi connectivity index (χ0) is 26.3. The topological polar surface area (TPSA) is 78.9 Å². The van der Waals surface area contributed by atoms with Crippen molar-refractivity contribution in [1.29, 1.82) is 0 Å². The summed E-state index contributed by atoms with van der Waals surface area (Å²) >= 11 is 12.2. The van der Waals surface area contributed by atoms with Crippen molar-refractivity contribution in [2.45, 2.75) is 51.1 Å². The van der Waals surface area contributed by atoms with Crippen LogP contribution < -0.4 is 10.1 Å². The molecule has 2 aromatic rings. The molecule has 3 fully saturated rings. The Morgan fingerprint density at radius 3 is 2.46 bits per heavy atom. The molecule has 3 aliphatic rings. The van der Waals surface area contributed by atoms with Gasteiger partial charge in [-0.1, -0.05) is 41.8 Å². The first-order valence-corrected chi connectivity index (χ1v) is 13.2. The lowest BCUT2D eigenvalue weighted by Crippen LogP contribution is -2.56. The molecule has 2 N–H and O–H groups in total. The van der Waals surface area contributed by atoms with Crippen LogP contribution in [0, 0.1) is 11.2 Å². The van der Waals surface area contributed by atoms with Crippen LogP contribution in [0.1, 0.15) is 60.0 Å². The van der Waals surface area contributed by atoms with Crippen molar-refractivity contribution >= 4 is 35.1 Å². The van der Waals surface area contributed by atoms with Gasteiger partial charge in [0.25, 0.3) is 5.91 Å². The molecule has 1 aliphatic heterocycles. The van der Waals surface area contributed by atoms with Crippen LogP contribution in [0.5, 0.6) is 5.75 Å². The van der Waals surface area contributed by atoms with Crippen molar-refractivity contribution in [2.75, 3.05) is 19.7 Å². The van der Waals surface area contributed by atoms with E-state index in [9.17, 15) is 14.7 Å². The predicted octanol–water partition coefficient (Wildman–Crippen LogP) is 5.81. The minimum Gasteiger partial charge on any atom is -0.493 e. The number of ether oxygens (including phenoxy) is 1. The molecule has 9 heteroatoms. The molecule has 2 aromatic carbocycles. The van der Waals surface area contributed by atoms with E-state index in [1.54, 1.807) is 6.07 Å². The highest BCUT2D eigenvalue weighted by molar-refractivity contribution is 6.34. The molecule has 0 aromatic heterocycles. The summed E-state index contributed by atoms with van der Waals surface area (Å²) in [4.78, 5) is 26.6. The number of carbonyl (C=O) groups is 2. The highest BCUT2D eigenvalue weighted by Crippen LogP contribution is 2.46. The van der Waals surface area contributed by atoms with E-state index in [4.69, 9.17) is 27.9 Å². The Bertz CT molecular complexity index is 1240. The molecule has 1 heterocycles. The van der Waals surface area contributed by atoms with Crippen molar-refractivity contribution in [2.24, 2.45) is 5.41 Å². The Balaban J connectivity index is 1.23. The van der Waals surface area contributed by atoms with Crippen LogP contribution in [0.3, 0.4) is 0 Å². The second kappa shape index (κ2) is 10.3. The fourth-order valence-corrected chi connectivity index (χ4v) is 5.47. The Morgan fingerprint density at radius 1 is 1.19 bits per heavy atom. The van der Waals surface area contributed by atoms with Crippen LogP contribution in [-0.4, -0.2) is 47.6 Å². The molecule has 2 saturated carbocycles. The third-order valence-corrected chi connectivity index (χ3v) is 7.41. The zero-order valence-electron chi connectivity index (χ0n) is 20.5. The largest absolute Gasteiger partial charge is 0.493 e. The zero-order valence-corrected chi connectivity index (χ0v) is 22.0. The Hall–Kier alpha value is -2.61. The molecule has 6 nitrogen and oxygen atoms in total. The number of aliphatic carboxylic acids is 1. The molecule has 1 amide bonds. The fraction of sp³-hybridized carbons (Fsp3) is 0.429. The Morgan fingerprint density at radius 2 is 1.86 bits per heavy atom. The second-order valence-electron chi connectivity index (χ2n) is 10.8. The van der Waals surface area contributed by atoms with Gasteiger partial charge in [0.05, 0.1) is 12.2 Å². The number of rotatable bonds is 10. The van der Waals surface area contributed by atoms with E-state index in [0.717, 1.165) is 62.0 Å². The Labute approximate surface area is 225 Å². The van der Waals surface area contributed by atoms with Gasteiger partial charge in [0.2, 0.25) is 0 Å². The number of carboxylic acid groups (broad SMARTS) is 1. The minimum atomic E-state index is -1.17. The maximum absolute atomic E-state index is 15.0. The molecule has 0 radical (unpaired) electrons. The van der Waals surface area contributed by atoms with Gasteiger partial charge >= 0.3 is 5.97 Å². The third kappa shape index (κ3) is 6.46. The van der Waals surface area contributed by atoms with Gasteiger partial charge in [-0.3, -0.25) is 9.69 Å². The number of halogens is 3. The average molecular weight is 547 g/mol. The van der Waals surface area contributed by atoms with Gasteiger partial charge < -0.3 is 15.2 Å². The van der Waals surface area contributed by atoms with Crippen molar-refractivity contribution in [3.8, 4) is 5.75 Å². The number of carboxylic acids is 1. The lowest BCUT2D eigenvalue weighted by Gasteiger charge is -2.48. The molecule has 0 unspecified atom stereocenters. The first kappa shape index (κ1) is 26.0. The van der Waals surface area contributed by atoms with Crippen LogP contribution in [0.2, 0.25) is 10.0 Å². The number of allylic oxidation sites excluding steroid dienone is 1. The standard InChI is InChI=1S/C28H29Cl2FN2O4/c1-28(13-33(14-28)12-17-6-19(29)9-20(30)7-17)15-37-25-11-23(31)22(10-21(25)18-4-5-18)26(34)32-24(27(35)36)8-16-2-3-16/h6-11,18,24H,2-5,12-15H2,1H3,(H,32,34)(H,35,36)/t24-/m0/s1. The molecular formula is C28H29Cl2FN2O4. The summed E-state index contributed by atoms with van der Waals surface area (Å²) in [5.74, 6) is -1.97.